The molecule has 1 aliphatic rings. The van der Waals surface area contributed by atoms with Crippen molar-refractivity contribution in [3.63, 3.8) is 0 Å². The van der Waals surface area contributed by atoms with Gasteiger partial charge in [0, 0.05) is 30.3 Å². The number of anilines is 3. The Labute approximate surface area is 193 Å². The molecular formula is C25H29FN4O3. The van der Waals surface area contributed by atoms with Crippen molar-refractivity contribution < 1.29 is 18.7 Å². The number of nitrogens with zero attached hydrogens (tertiary/aromatic N) is 2. The number of nitrogens with one attached hydrogen (secondary N) is 1. The minimum absolute atomic E-state index is 0.0677. The Morgan fingerprint density at radius 2 is 1.91 bits per heavy atom. The molecule has 0 spiro atoms. The van der Waals surface area contributed by atoms with E-state index in [0.717, 1.165) is 31.6 Å². The molecule has 1 amide bonds. The number of nitrogens with two attached hydrogens (primary N) is 1. The molecule has 1 heterocycles. The largest absolute Gasteiger partial charge is 0.460 e. The molecule has 8 heteroatoms. The summed E-state index contributed by atoms with van der Waals surface area (Å²) in [4.78, 5) is 27.2. The van der Waals surface area contributed by atoms with E-state index in [4.69, 9.17) is 15.7 Å². The second-order valence-corrected chi connectivity index (χ2v) is 9.18. The molecule has 0 aliphatic carbocycles. The van der Waals surface area contributed by atoms with Gasteiger partial charge in [0.05, 0.1) is 23.9 Å². The highest BCUT2D eigenvalue weighted by Gasteiger charge is 2.22. The van der Waals surface area contributed by atoms with E-state index in [0.29, 0.717) is 22.5 Å². The van der Waals surface area contributed by atoms with Crippen LogP contribution >= 0.6 is 0 Å². The summed E-state index contributed by atoms with van der Waals surface area (Å²) in [5, 5.41) is 11.8. The number of nitrogen functional groups attached to an aromatic ring is 1. The Bertz CT molecular complexity index is 1080. The number of carbonyl (C=O) groups is 2. The van der Waals surface area contributed by atoms with Gasteiger partial charge < -0.3 is 20.7 Å². The zero-order chi connectivity index (χ0) is 24.2. The maximum Gasteiger partial charge on any atom is 0.310 e. The van der Waals surface area contributed by atoms with Crippen molar-refractivity contribution in [1.29, 1.82) is 5.26 Å². The maximum atomic E-state index is 13.8. The average Bonchev–Trinajstić information content (AvgIpc) is 2.74. The van der Waals surface area contributed by atoms with E-state index in [1.165, 1.54) is 18.2 Å². The number of nitriles is 1. The average molecular weight is 453 g/mol. The van der Waals surface area contributed by atoms with Crippen molar-refractivity contribution in [3.05, 3.63) is 53.3 Å². The number of hydrogen-bond donors (Lipinski definition) is 2. The molecule has 1 fully saturated rings. The molecule has 0 unspecified atom stereocenters. The summed E-state index contributed by atoms with van der Waals surface area (Å²) in [5.41, 5.74) is 7.84. The molecule has 2 aromatic carbocycles. The standard InChI is InChI=1S/C25H29FN4O3/c1-25(2,3)33-23(31)14-18-12-19(26)5-6-21(18)29-24(32)17-4-7-22(20(28)13-17)30-10-8-16(15-27)9-11-30/h4-7,12-13,16H,8-11,14,28H2,1-3H3,(H,29,32). The first-order valence-corrected chi connectivity index (χ1v) is 10.9. The Kier molecular flexibility index (Phi) is 7.22. The van der Waals surface area contributed by atoms with Gasteiger partial charge in [0.1, 0.15) is 11.4 Å². The van der Waals surface area contributed by atoms with Gasteiger partial charge in [0.25, 0.3) is 5.91 Å². The molecule has 0 atom stereocenters. The fourth-order valence-corrected chi connectivity index (χ4v) is 3.79. The lowest BCUT2D eigenvalue weighted by molar-refractivity contribution is -0.153. The number of halogens is 1. The highest BCUT2D eigenvalue weighted by Crippen LogP contribution is 2.29. The second kappa shape index (κ2) is 9.90. The fraction of sp³-hybridized carbons (Fsp3) is 0.400. The van der Waals surface area contributed by atoms with E-state index in [2.05, 4.69) is 16.3 Å². The summed E-state index contributed by atoms with van der Waals surface area (Å²) in [7, 11) is 0. The van der Waals surface area contributed by atoms with E-state index in [9.17, 15) is 14.0 Å². The van der Waals surface area contributed by atoms with Crippen molar-refractivity contribution in [2.75, 3.05) is 29.0 Å². The summed E-state index contributed by atoms with van der Waals surface area (Å²) in [6.45, 7) is 6.71. The molecule has 0 aromatic heterocycles. The van der Waals surface area contributed by atoms with Gasteiger partial charge in [-0.1, -0.05) is 0 Å². The van der Waals surface area contributed by atoms with Crippen molar-refractivity contribution in [1.82, 2.24) is 0 Å². The summed E-state index contributed by atoms with van der Waals surface area (Å²) in [6, 6.07) is 11.2. The topological polar surface area (TPSA) is 108 Å². The lowest BCUT2D eigenvalue weighted by Crippen LogP contribution is -2.33. The predicted molar refractivity (Wildman–Crippen MR) is 125 cm³/mol. The van der Waals surface area contributed by atoms with Gasteiger partial charge in [-0.15, -0.1) is 0 Å². The first-order chi connectivity index (χ1) is 15.6. The van der Waals surface area contributed by atoms with Crippen LogP contribution in [0.15, 0.2) is 36.4 Å². The first kappa shape index (κ1) is 24.1. The van der Waals surface area contributed by atoms with Gasteiger partial charge in [-0.05, 0) is 75.6 Å². The summed E-state index contributed by atoms with van der Waals surface area (Å²) in [5.74, 6) is -1.38. The Morgan fingerprint density at radius 3 is 2.52 bits per heavy atom. The van der Waals surface area contributed by atoms with E-state index >= 15 is 0 Å². The normalized spacial score (nSPS) is 14.5. The van der Waals surface area contributed by atoms with Crippen LogP contribution in [-0.4, -0.2) is 30.6 Å². The number of ether oxygens (including phenoxy) is 1. The van der Waals surface area contributed by atoms with Gasteiger partial charge in [-0.2, -0.15) is 5.26 Å². The third-order valence-corrected chi connectivity index (χ3v) is 5.38. The molecule has 1 aliphatic heterocycles. The van der Waals surface area contributed by atoms with Gasteiger partial charge in [-0.3, -0.25) is 9.59 Å². The van der Waals surface area contributed by atoms with Crippen LogP contribution in [-0.2, 0) is 16.0 Å². The summed E-state index contributed by atoms with van der Waals surface area (Å²) < 4.78 is 19.1. The molecule has 1 saturated heterocycles. The third-order valence-electron chi connectivity index (χ3n) is 5.38. The second-order valence-electron chi connectivity index (χ2n) is 9.18. The summed E-state index contributed by atoms with van der Waals surface area (Å²) in [6.07, 6.45) is 1.39. The molecule has 0 radical (unpaired) electrons. The highest BCUT2D eigenvalue weighted by atomic mass is 19.1. The van der Waals surface area contributed by atoms with Crippen LogP contribution in [0.4, 0.5) is 21.5 Å². The van der Waals surface area contributed by atoms with Crippen LogP contribution in [0.5, 0.6) is 0 Å². The zero-order valence-electron chi connectivity index (χ0n) is 19.2. The van der Waals surface area contributed by atoms with Gasteiger partial charge >= 0.3 is 5.97 Å². The van der Waals surface area contributed by atoms with Crippen LogP contribution < -0.4 is 16.0 Å². The smallest absolute Gasteiger partial charge is 0.310 e. The van der Waals surface area contributed by atoms with Gasteiger partial charge in [-0.25, -0.2) is 4.39 Å². The Morgan fingerprint density at radius 1 is 1.21 bits per heavy atom. The van der Waals surface area contributed by atoms with E-state index in [1.54, 1.807) is 39.0 Å². The summed E-state index contributed by atoms with van der Waals surface area (Å²) >= 11 is 0. The lowest BCUT2D eigenvalue weighted by Gasteiger charge is -2.32. The molecule has 0 saturated carbocycles. The fourth-order valence-electron chi connectivity index (χ4n) is 3.79. The number of carbonyl (C=O) groups excluding carboxylic acids is 2. The van der Waals surface area contributed by atoms with Crippen LogP contribution in [0, 0.1) is 23.1 Å². The SMILES string of the molecule is CC(C)(C)OC(=O)Cc1cc(F)ccc1NC(=O)c1ccc(N2CCC(C#N)CC2)c(N)c1. The lowest BCUT2D eigenvalue weighted by atomic mass is 9.98. The molecule has 7 nitrogen and oxygen atoms in total. The number of esters is 1. The van der Waals surface area contributed by atoms with Crippen molar-refractivity contribution in [3.8, 4) is 6.07 Å². The molecular weight excluding hydrogens is 423 g/mol. The minimum Gasteiger partial charge on any atom is -0.460 e. The van der Waals surface area contributed by atoms with Gasteiger partial charge in [0.15, 0.2) is 0 Å². The minimum atomic E-state index is -0.670. The Hall–Kier alpha value is -3.60. The number of benzene rings is 2. The monoisotopic (exact) mass is 452 g/mol. The van der Waals surface area contributed by atoms with Gasteiger partial charge in [0.2, 0.25) is 0 Å². The van der Waals surface area contributed by atoms with E-state index in [-0.39, 0.29) is 12.3 Å². The molecule has 174 valence electrons. The quantitative estimate of drug-likeness (QED) is 0.518. The van der Waals surface area contributed by atoms with Crippen LogP contribution in [0.2, 0.25) is 0 Å². The van der Waals surface area contributed by atoms with Crippen molar-refractivity contribution in [2.24, 2.45) is 5.92 Å². The predicted octanol–water partition coefficient (Wildman–Crippen LogP) is 4.28. The third kappa shape index (κ3) is 6.45. The highest BCUT2D eigenvalue weighted by molar-refractivity contribution is 6.06. The van der Waals surface area contributed by atoms with E-state index in [1.807, 2.05) is 0 Å². The number of rotatable bonds is 5. The van der Waals surface area contributed by atoms with Crippen LogP contribution in [0.3, 0.4) is 0 Å². The van der Waals surface area contributed by atoms with Crippen molar-refractivity contribution in [2.45, 2.75) is 45.6 Å². The molecule has 3 N–H and O–H groups in total. The molecule has 2 aromatic rings. The number of hydrogen-bond acceptors (Lipinski definition) is 6. The molecule has 33 heavy (non-hydrogen) atoms. The number of amides is 1. The van der Waals surface area contributed by atoms with E-state index < -0.39 is 23.3 Å². The first-order valence-electron chi connectivity index (χ1n) is 10.9. The number of piperidine rings is 1. The maximum absolute atomic E-state index is 13.8. The molecule has 3 rings (SSSR count). The molecule has 0 bridgehead atoms. The Balaban J connectivity index is 1.73. The zero-order valence-corrected chi connectivity index (χ0v) is 19.2. The van der Waals surface area contributed by atoms with Crippen LogP contribution in [0.1, 0.15) is 49.5 Å². The van der Waals surface area contributed by atoms with Crippen LogP contribution in [0.25, 0.3) is 0 Å². The van der Waals surface area contributed by atoms with Crippen molar-refractivity contribution >= 4 is 28.9 Å².